The van der Waals surface area contributed by atoms with Crippen LogP contribution in [0.4, 0.5) is 5.69 Å². The van der Waals surface area contributed by atoms with Crippen molar-refractivity contribution in [2.24, 2.45) is 0 Å². The lowest BCUT2D eigenvalue weighted by Gasteiger charge is -2.15. The minimum atomic E-state index is -0.962. The molecule has 0 radical (unpaired) electrons. The van der Waals surface area contributed by atoms with Crippen LogP contribution in [0.15, 0.2) is 24.3 Å². The Bertz CT molecular complexity index is 659. The largest absolute Gasteiger partial charge is 0.451 e. The number of carbonyl (C=O) groups excluding carboxylic acids is 2. The molecular formula is C24H37NO6. The van der Waals surface area contributed by atoms with E-state index in [4.69, 9.17) is 9.47 Å². The smallest absolute Gasteiger partial charge is 0.352 e. The van der Waals surface area contributed by atoms with Crippen molar-refractivity contribution in [3.8, 4) is 5.75 Å². The number of non-ortho nitro benzene ring substituents is 1. The van der Waals surface area contributed by atoms with Gasteiger partial charge in [0.1, 0.15) is 5.75 Å². The minimum Gasteiger partial charge on any atom is -0.451 e. The Hall–Kier alpha value is -2.44. The van der Waals surface area contributed by atoms with Crippen LogP contribution in [0.25, 0.3) is 0 Å². The normalized spacial score (nSPS) is 11.7. The summed E-state index contributed by atoms with van der Waals surface area (Å²) < 4.78 is 10.4. The van der Waals surface area contributed by atoms with Gasteiger partial charge in [-0.1, -0.05) is 77.6 Å². The first-order chi connectivity index (χ1) is 14.9. The SMILES string of the molecule is CCCCCCCCCCCCCC[C@@H](OC(C)=O)C(=O)Oc1ccc([N+](=O)[O-])cc1. The molecule has 0 aromatic heterocycles. The predicted octanol–water partition coefficient (Wildman–Crippen LogP) is 6.52. The standard InChI is InChI=1S/C24H37NO6/c1-3-4-5-6-7-8-9-10-11-12-13-14-15-23(30-20(2)26)24(27)31-22-18-16-21(17-19-22)25(28)29/h16-19,23H,3-15H2,1-2H3/t23-/m1/s1. The second-order valence-corrected chi connectivity index (χ2v) is 7.95. The van der Waals surface area contributed by atoms with Crippen molar-refractivity contribution >= 4 is 17.6 Å². The number of unbranched alkanes of at least 4 members (excludes halogenated alkanes) is 11. The number of hydrogen-bond acceptors (Lipinski definition) is 6. The number of esters is 2. The maximum Gasteiger partial charge on any atom is 0.352 e. The average molecular weight is 436 g/mol. The number of rotatable bonds is 17. The van der Waals surface area contributed by atoms with Crippen LogP contribution in [-0.2, 0) is 14.3 Å². The van der Waals surface area contributed by atoms with Crippen LogP contribution in [0.3, 0.4) is 0 Å². The number of carbonyl (C=O) groups is 2. The molecule has 1 aromatic rings. The van der Waals surface area contributed by atoms with Gasteiger partial charge >= 0.3 is 11.9 Å². The minimum absolute atomic E-state index is 0.0900. The first-order valence-corrected chi connectivity index (χ1v) is 11.6. The molecular weight excluding hydrogens is 398 g/mol. The number of ether oxygens (including phenoxy) is 2. The summed E-state index contributed by atoms with van der Waals surface area (Å²) in [6, 6.07) is 5.22. The zero-order chi connectivity index (χ0) is 22.9. The van der Waals surface area contributed by atoms with Crippen molar-refractivity contribution < 1.29 is 24.0 Å². The van der Waals surface area contributed by atoms with E-state index in [0.29, 0.717) is 6.42 Å². The molecule has 0 heterocycles. The lowest BCUT2D eigenvalue weighted by Crippen LogP contribution is -2.30. The molecule has 0 fully saturated rings. The Morgan fingerprint density at radius 1 is 0.871 bits per heavy atom. The molecule has 7 heteroatoms. The second-order valence-electron chi connectivity index (χ2n) is 7.95. The van der Waals surface area contributed by atoms with Crippen LogP contribution in [0.2, 0.25) is 0 Å². The van der Waals surface area contributed by atoms with Gasteiger partial charge in [-0.25, -0.2) is 4.79 Å². The fourth-order valence-electron chi connectivity index (χ4n) is 3.41. The Morgan fingerprint density at radius 3 is 1.81 bits per heavy atom. The summed E-state index contributed by atoms with van der Waals surface area (Å²) in [6.45, 7) is 3.49. The van der Waals surface area contributed by atoms with Gasteiger partial charge in [0.15, 0.2) is 6.10 Å². The molecule has 31 heavy (non-hydrogen) atoms. The van der Waals surface area contributed by atoms with Crippen LogP contribution < -0.4 is 4.74 Å². The maximum absolute atomic E-state index is 12.4. The molecule has 7 nitrogen and oxygen atoms in total. The van der Waals surface area contributed by atoms with Gasteiger partial charge in [0.2, 0.25) is 0 Å². The molecule has 0 saturated carbocycles. The van der Waals surface area contributed by atoms with Crippen molar-refractivity contribution in [3.63, 3.8) is 0 Å². The molecule has 0 spiro atoms. The highest BCUT2D eigenvalue weighted by molar-refractivity contribution is 5.80. The van der Waals surface area contributed by atoms with Crippen molar-refractivity contribution in [2.45, 2.75) is 103 Å². The van der Waals surface area contributed by atoms with Gasteiger partial charge in [-0.15, -0.1) is 0 Å². The highest BCUT2D eigenvalue weighted by atomic mass is 16.6. The van der Waals surface area contributed by atoms with E-state index in [-0.39, 0.29) is 11.4 Å². The number of nitrogens with zero attached hydrogens (tertiary/aromatic N) is 1. The van der Waals surface area contributed by atoms with Crippen molar-refractivity contribution in [1.82, 2.24) is 0 Å². The second kappa shape index (κ2) is 16.3. The summed E-state index contributed by atoms with van der Waals surface area (Å²) >= 11 is 0. The fraction of sp³-hybridized carbons (Fsp3) is 0.667. The van der Waals surface area contributed by atoms with E-state index in [1.165, 1.54) is 89.0 Å². The summed E-state index contributed by atoms with van der Waals surface area (Å²) in [5.74, 6) is -1.01. The quantitative estimate of drug-likeness (QED) is 0.0908. The lowest BCUT2D eigenvalue weighted by molar-refractivity contribution is -0.384. The molecule has 0 aliphatic rings. The number of benzene rings is 1. The summed E-state index contributed by atoms with van der Waals surface area (Å²) in [5, 5.41) is 10.7. The average Bonchev–Trinajstić information content (AvgIpc) is 2.73. The monoisotopic (exact) mass is 435 g/mol. The third-order valence-corrected chi connectivity index (χ3v) is 5.16. The fourth-order valence-corrected chi connectivity index (χ4v) is 3.41. The van der Waals surface area contributed by atoms with Crippen LogP contribution in [-0.4, -0.2) is 23.0 Å². The van der Waals surface area contributed by atoms with Gasteiger partial charge in [0.25, 0.3) is 5.69 Å². The van der Waals surface area contributed by atoms with Crippen molar-refractivity contribution in [2.75, 3.05) is 0 Å². The van der Waals surface area contributed by atoms with E-state index < -0.39 is 23.0 Å². The Labute approximate surface area is 185 Å². The molecule has 0 bridgehead atoms. The third-order valence-electron chi connectivity index (χ3n) is 5.16. The van der Waals surface area contributed by atoms with Gasteiger partial charge in [-0.05, 0) is 25.0 Å². The van der Waals surface area contributed by atoms with E-state index in [2.05, 4.69) is 6.92 Å². The first-order valence-electron chi connectivity index (χ1n) is 11.6. The molecule has 1 atom stereocenters. The van der Waals surface area contributed by atoms with E-state index in [1.54, 1.807) is 0 Å². The van der Waals surface area contributed by atoms with E-state index >= 15 is 0 Å². The molecule has 0 aliphatic heterocycles. The number of nitro benzene ring substituents is 1. The Balaban J connectivity index is 2.25. The van der Waals surface area contributed by atoms with Crippen molar-refractivity contribution in [1.29, 1.82) is 0 Å². The first kappa shape index (κ1) is 26.6. The highest BCUT2D eigenvalue weighted by Crippen LogP contribution is 2.19. The molecule has 0 unspecified atom stereocenters. The van der Waals surface area contributed by atoms with Gasteiger partial charge in [-0.2, -0.15) is 0 Å². The molecule has 1 aromatic carbocycles. The summed E-state index contributed by atoms with van der Waals surface area (Å²) in [4.78, 5) is 33.9. The Kier molecular flexibility index (Phi) is 14.0. The topological polar surface area (TPSA) is 95.7 Å². The van der Waals surface area contributed by atoms with Crippen molar-refractivity contribution in [3.05, 3.63) is 34.4 Å². The third kappa shape index (κ3) is 12.8. The number of nitro groups is 1. The lowest BCUT2D eigenvalue weighted by atomic mass is 10.0. The molecule has 174 valence electrons. The molecule has 0 N–H and O–H groups in total. The summed E-state index contributed by atoms with van der Waals surface area (Å²) in [5.41, 5.74) is -0.0900. The van der Waals surface area contributed by atoms with Crippen LogP contribution >= 0.6 is 0 Å². The number of hydrogen-bond donors (Lipinski definition) is 0. The predicted molar refractivity (Wildman–Crippen MR) is 120 cm³/mol. The van der Waals surface area contributed by atoms with Gasteiger partial charge in [0.05, 0.1) is 4.92 Å². The summed E-state index contributed by atoms with van der Waals surface area (Å²) in [7, 11) is 0. The van der Waals surface area contributed by atoms with E-state index in [9.17, 15) is 19.7 Å². The molecule has 0 saturated heterocycles. The molecule has 0 aliphatic carbocycles. The van der Waals surface area contributed by atoms with Crippen LogP contribution in [0.1, 0.15) is 97.3 Å². The van der Waals surface area contributed by atoms with E-state index in [1.807, 2.05) is 0 Å². The Morgan fingerprint density at radius 2 is 1.35 bits per heavy atom. The zero-order valence-electron chi connectivity index (χ0n) is 19.0. The highest BCUT2D eigenvalue weighted by Gasteiger charge is 2.23. The van der Waals surface area contributed by atoms with Crippen LogP contribution in [0.5, 0.6) is 5.75 Å². The molecule has 1 rings (SSSR count). The van der Waals surface area contributed by atoms with E-state index in [0.717, 1.165) is 19.3 Å². The van der Waals surface area contributed by atoms with Crippen LogP contribution in [0, 0.1) is 10.1 Å². The molecule has 0 amide bonds. The summed E-state index contributed by atoms with van der Waals surface area (Å²) in [6.07, 6.45) is 14.0. The van der Waals surface area contributed by atoms with Gasteiger partial charge in [-0.3, -0.25) is 14.9 Å². The maximum atomic E-state index is 12.4. The van der Waals surface area contributed by atoms with Gasteiger partial charge < -0.3 is 9.47 Å². The zero-order valence-corrected chi connectivity index (χ0v) is 19.0. The van der Waals surface area contributed by atoms with Gasteiger partial charge in [0, 0.05) is 19.1 Å².